The minimum atomic E-state index is -0.754. The van der Waals surface area contributed by atoms with Gasteiger partial charge in [0.05, 0.1) is 6.54 Å². The summed E-state index contributed by atoms with van der Waals surface area (Å²) in [5.74, 6) is -1.52. The highest BCUT2D eigenvalue weighted by atomic mass is 35.5. The van der Waals surface area contributed by atoms with Crippen molar-refractivity contribution in [3.8, 4) is 0 Å². The normalized spacial score (nSPS) is 10.9. The molecule has 0 radical (unpaired) electrons. The van der Waals surface area contributed by atoms with Gasteiger partial charge in [0.25, 0.3) is 0 Å². The molecular weight excluding hydrogens is 326 g/mol. The molecule has 2 aromatic carbocycles. The molecule has 0 unspecified atom stereocenters. The van der Waals surface area contributed by atoms with Crippen molar-refractivity contribution in [2.75, 3.05) is 0 Å². The maximum atomic E-state index is 13.9. The molecular formula is C16H11ClF2N2O2. The van der Waals surface area contributed by atoms with Crippen molar-refractivity contribution < 1.29 is 13.3 Å². The van der Waals surface area contributed by atoms with Gasteiger partial charge in [0.1, 0.15) is 11.6 Å². The van der Waals surface area contributed by atoms with Gasteiger partial charge in [-0.05, 0) is 23.8 Å². The summed E-state index contributed by atoms with van der Waals surface area (Å²) in [4.78, 5) is 11.8. The van der Waals surface area contributed by atoms with E-state index in [0.717, 1.165) is 4.57 Å². The summed E-state index contributed by atoms with van der Waals surface area (Å²) in [5, 5.41) is 3.84. The standard InChI is InChI=1S/C16H11ClF2N2O2/c17-12-5-3-7-14(19)11(12)9-21-15(20-23-16(21)22)8-10-4-1-2-6-13(10)18/h1-7H,8-9H2. The number of hydrogen-bond acceptors (Lipinski definition) is 3. The lowest BCUT2D eigenvalue weighted by Gasteiger charge is -2.08. The summed E-state index contributed by atoms with van der Waals surface area (Å²) in [6.07, 6.45) is 0.0461. The van der Waals surface area contributed by atoms with E-state index in [1.165, 1.54) is 24.3 Å². The van der Waals surface area contributed by atoms with Gasteiger partial charge in [-0.15, -0.1) is 0 Å². The molecule has 1 heterocycles. The summed E-state index contributed by atoms with van der Waals surface area (Å²) in [6, 6.07) is 10.4. The third-order valence-electron chi connectivity index (χ3n) is 3.45. The Balaban J connectivity index is 1.97. The fourth-order valence-electron chi connectivity index (χ4n) is 2.23. The maximum Gasteiger partial charge on any atom is 0.441 e. The van der Waals surface area contributed by atoms with E-state index >= 15 is 0 Å². The van der Waals surface area contributed by atoms with Gasteiger partial charge in [0.15, 0.2) is 5.82 Å². The number of rotatable bonds is 4. The first-order valence-electron chi connectivity index (χ1n) is 6.78. The van der Waals surface area contributed by atoms with E-state index in [0.29, 0.717) is 5.56 Å². The van der Waals surface area contributed by atoms with E-state index in [4.69, 9.17) is 11.6 Å². The quantitative estimate of drug-likeness (QED) is 0.733. The summed E-state index contributed by atoms with van der Waals surface area (Å²) in [7, 11) is 0. The third kappa shape index (κ3) is 3.17. The number of aromatic nitrogens is 2. The summed E-state index contributed by atoms with van der Waals surface area (Å²) >= 11 is 5.97. The lowest BCUT2D eigenvalue weighted by atomic mass is 10.1. The van der Waals surface area contributed by atoms with Gasteiger partial charge < -0.3 is 0 Å². The predicted octanol–water partition coefficient (Wildman–Crippen LogP) is 3.41. The van der Waals surface area contributed by atoms with Crippen LogP contribution >= 0.6 is 11.6 Å². The highest BCUT2D eigenvalue weighted by Gasteiger charge is 2.16. The first-order valence-corrected chi connectivity index (χ1v) is 7.15. The zero-order valence-electron chi connectivity index (χ0n) is 11.8. The van der Waals surface area contributed by atoms with Gasteiger partial charge in [-0.25, -0.2) is 13.6 Å². The Bertz CT molecular complexity index is 885. The van der Waals surface area contributed by atoms with Crippen LogP contribution in [0.15, 0.2) is 51.8 Å². The Kier molecular flexibility index (Phi) is 4.25. The number of nitrogens with zero attached hydrogens (tertiary/aromatic N) is 2. The van der Waals surface area contributed by atoms with E-state index < -0.39 is 17.4 Å². The molecule has 0 saturated carbocycles. The van der Waals surface area contributed by atoms with Crippen LogP contribution in [0.5, 0.6) is 0 Å². The molecule has 1 aromatic heterocycles. The fraction of sp³-hybridized carbons (Fsp3) is 0.125. The van der Waals surface area contributed by atoms with Crippen LogP contribution in [0.25, 0.3) is 0 Å². The van der Waals surface area contributed by atoms with Gasteiger partial charge in [-0.1, -0.05) is 41.0 Å². The zero-order valence-corrected chi connectivity index (χ0v) is 12.6. The van der Waals surface area contributed by atoms with E-state index in [1.54, 1.807) is 18.2 Å². The van der Waals surface area contributed by atoms with E-state index in [2.05, 4.69) is 9.68 Å². The van der Waals surface area contributed by atoms with Gasteiger partial charge in [0.2, 0.25) is 0 Å². The van der Waals surface area contributed by atoms with Crippen molar-refractivity contribution in [2.45, 2.75) is 13.0 Å². The molecule has 0 atom stereocenters. The summed E-state index contributed by atoms with van der Waals surface area (Å²) < 4.78 is 33.4. The molecule has 23 heavy (non-hydrogen) atoms. The SMILES string of the molecule is O=c1onc(Cc2ccccc2F)n1Cc1c(F)cccc1Cl. The first kappa shape index (κ1) is 15.4. The molecule has 118 valence electrons. The molecule has 0 bridgehead atoms. The Hall–Kier alpha value is -2.47. The van der Waals surface area contributed by atoms with Crippen molar-refractivity contribution >= 4 is 11.6 Å². The van der Waals surface area contributed by atoms with E-state index in [-0.39, 0.29) is 29.4 Å². The zero-order chi connectivity index (χ0) is 16.4. The van der Waals surface area contributed by atoms with E-state index in [1.807, 2.05) is 0 Å². The molecule has 0 aliphatic rings. The number of hydrogen-bond donors (Lipinski definition) is 0. The molecule has 0 aliphatic carbocycles. The molecule has 0 saturated heterocycles. The van der Waals surface area contributed by atoms with Crippen molar-refractivity contribution in [1.82, 2.24) is 9.72 Å². The average Bonchev–Trinajstić information content (AvgIpc) is 2.86. The van der Waals surface area contributed by atoms with Crippen molar-refractivity contribution in [3.05, 3.63) is 86.6 Å². The topological polar surface area (TPSA) is 48.0 Å². The second-order valence-corrected chi connectivity index (χ2v) is 5.33. The average molecular weight is 337 g/mol. The van der Waals surface area contributed by atoms with Crippen LogP contribution < -0.4 is 5.76 Å². The molecule has 0 amide bonds. The molecule has 3 aromatic rings. The van der Waals surface area contributed by atoms with Crippen molar-refractivity contribution in [1.29, 1.82) is 0 Å². The third-order valence-corrected chi connectivity index (χ3v) is 3.80. The van der Waals surface area contributed by atoms with Gasteiger partial charge >= 0.3 is 5.76 Å². The molecule has 4 nitrogen and oxygen atoms in total. The molecule has 7 heteroatoms. The Morgan fingerprint density at radius 3 is 2.57 bits per heavy atom. The molecule has 0 spiro atoms. The number of halogens is 3. The molecule has 0 N–H and O–H groups in total. The van der Waals surface area contributed by atoms with Crippen LogP contribution in [-0.2, 0) is 13.0 Å². The van der Waals surface area contributed by atoms with Crippen LogP contribution in [0.2, 0.25) is 5.02 Å². The van der Waals surface area contributed by atoms with Crippen LogP contribution in [0, 0.1) is 11.6 Å². The van der Waals surface area contributed by atoms with Crippen molar-refractivity contribution in [3.63, 3.8) is 0 Å². The Morgan fingerprint density at radius 1 is 1.09 bits per heavy atom. The second-order valence-electron chi connectivity index (χ2n) is 4.92. The van der Waals surface area contributed by atoms with Crippen LogP contribution in [0.4, 0.5) is 8.78 Å². The monoisotopic (exact) mass is 336 g/mol. The Labute approximate surface area is 134 Å². The molecule has 0 aliphatic heterocycles. The highest BCUT2D eigenvalue weighted by molar-refractivity contribution is 6.31. The predicted molar refractivity (Wildman–Crippen MR) is 80.5 cm³/mol. The maximum absolute atomic E-state index is 13.9. The van der Waals surface area contributed by atoms with Gasteiger partial charge in [0, 0.05) is 17.0 Å². The molecule has 3 rings (SSSR count). The van der Waals surface area contributed by atoms with Gasteiger partial charge in [-0.3, -0.25) is 9.09 Å². The highest BCUT2D eigenvalue weighted by Crippen LogP contribution is 2.20. The van der Waals surface area contributed by atoms with Crippen LogP contribution in [0.1, 0.15) is 17.0 Å². The van der Waals surface area contributed by atoms with Gasteiger partial charge in [-0.2, -0.15) is 0 Å². The fourth-order valence-corrected chi connectivity index (χ4v) is 2.46. The second kappa shape index (κ2) is 6.34. The molecule has 0 fully saturated rings. The van der Waals surface area contributed by atoms with Crippen LogP contribution in [-0.4, -0.2) is 9.72 Å². The first-order chi connectivity index (χ1) is 11.1. The smallest absolute Gasteiger partial charge is 0.296 e. The Morgan fingerprint density at radius 2 is 1.83 bits per heavy atom. The summed E-state index contributed by atoms with van der Waals surface area (Å²) in [5.41, 5.74) is 0.503. The lowest BCUT2D eigenvalue weighted by molar-refractivity contribution is 0.374. The minimum absolute atomic E-state index is 0.0461. The lowest BCUT2D eigenvalue weighted by Crippen LogP contribution is -2.19. The van der Waals surface area contributed by atoms with Crippen molar-refractivity contribution in [2.24, 2.45) is 0 Å². The largest absolute Gasteiger partial charge is 0.441 e. The number of benzene rings is 2. The van der Waals surface area contributed by atoms with Crippen LogP contribution in [0.3, 0.4) is 0 Å². The minimum Gasteiger partial charge on any atom is -0.296 e. The van der Waals surface area contributed by atoms with E-state index in [9.17, 15) is 13.6 Å². The summed E-state index contributed by atoms with van der Waals surface area (Å²) in [6.45, 7) is -0.141.